The monoisotopic (exact) mass is 159 g/mol. The highest BCUT2D eigenvalue weighted by molar-refractivity contribution is 4.64. The number of hydrogen-bond donors (Lipinski definition) is 0. The molecule has 0 aromatic carbocycles. The van der Waals surface area contributed by atoms with Gasteiger partial charge in [0.1, 0.15) is 0 Å². The average molecular weight is 159 g/mol. The molecule has 1 fully saturated rings. The fourth-order valence-electron chi connectivity index (χ4n) is 2.60. The number of piperidine rings is 1. The Balaban J connectivity index is 0.000001000. The van der Waals surface area contributed by atoms with Gasteiger partial charge in [0.05, 0.1) is 27.2 Å². The van der Waals surface area contributed by atoms with Crippen LogP contribution in [0.25, 0.3) is 0 Å². The van der Waals surface area contributed by atoms with Crippen molar-refractivity contribution < 1.29 is 9.96 Å². The van der Waals surface area contributed by atoms with Crippen molar-refractivity contribution in [2.45, 2.75) is 20.3 Å². The summed E-state index contributed by atoms with van der Waals surface area (Å²) >= 11 is 0. The third-order valence-electron chi connectivity index (χ3n) is 2.42. The molecule has 2 atom stereocenters. The molecule has 0 radical (unpaired) electrons. The number of rotatable bonds is 0. The zero-order chi connectivity index (χ0) is 7.78. The fraction of sp³-hybridized carbons (Fsp3) is 1.00. The van der Waals surface area contributed by atoms with Crippen LogP contribution in [0.3, 0.4) is 0 Å². The Morgan fingerprint density at radius 1 is 1.00 bits per heavy atom. The summed E-state index contributed by atoms with van der Waals surface area (Å²) in [7, 11) is 4.68. The van der Waals surface area contributed by atoms with Crippen LogP contribution in [-0.4, -0.2) is 37.1 Å². The standard InChI is InChI=1S/C9H20N.H2O/c1-8-5-9(2)7-10(3,4)6-8;/h8-9H,5-7H2,1-4H3;1H2/q+1;/p-1/t8-,9+;. The first-order chi connectivity index (χ1) is 4.49. The van der Waals surface area contributed by atoms with E-state index in [1.165, 1.54) is 24.0 Å². The quantitative estimate of drug-likeness (QED) is 0.493. The molecule has 11 heavy (non-hydrogen) atoms. The molecule has 0 aromatic rings. The van der Waals surface area contributed by atoms with Gasteiger partial charge in [-0.15, -0.1) is 0 Å². The first kappa shape index (κ1) is 10.9. The van der Waals surface area contributed by atoms with Crippen molar-refractivity contribution in [3.05, 3.63) is 0 Å². The van der Waals surface area contributed by atoms with Crippen molar-refractivity contribution in [1.29, 1.82) is 0 Å². The second-order valence-corrected chi connectivity index (χ2v) is 4.75. The SMILES string of the molecule is C[C@@H]1C[C@H](C)C[N+](C)(C)C1.[OH-]. The van der Waals surface area contributed by atoms with Gasteiger partial charge >= 0.3 is 0 Å². The van der Waals surface area contributed by atoms with Gasteiger partial charge in [0, 0.05) is 11.8 Å². The highest BCUT2D eigenvalue weighted by atomic mass is 16.0. The molecule has 1 aliphatic heterocycles. The van der Waals surface area contributed by atoms with Crippen molar-refractivity contribution in [2.75, 3.05) is 27.2 Å². The van der Waals surface area contributed by atoms with Gasteiger partial charge in [-0.25, -0.2) is 0 Å². The van der Waals surface area contributed by atoms with Crippen LogP contribution in [0.2, 0.25) is 0 Å². The van der Waals surface area contributed by atoms with Gasteiger partial charge in [0.15, 0.2) is 0 Å². The highest BCUT2D eigenvalue weighted by Crippen LogP contribution is 2.23. The molecule has 0 aromatic heterocycles. The molecule has 0 saturated carbocycles. The van der Waals surface area contributed by atoms with Crippen LogP contribution in [0.4, 0.5) is 0 Å². The van der Waals surface area contributed by atoms with Gasteiger partial charge in [-0.1, -0.05) is 13.8 Å². The molecule has 1 rings (SSSR count). The molecule has 2 nitrogen and oxygen atoms in total. The van der Waals surface area contributed by atoms with Crippen molar-refractivity contribution >= 4 is 0 Å². The van der Waals surface area contributed by atoms with Gasteiger partial charge < -0.3 is 9.96 Å². The van der Waals surface area contributed by atoms with E-state index in [0.717, 1.165) is 11.8 Å². The largest absolute Gasteiger partial charge is 0.870 e. The van der Waals surface area contributed by atoms with Crippen LogP contribution in [-0.2, 0) is 0 Å². The number of quaternary nitrogens is 1. The zero-order valence-corrected chi connectivity index (χ0v) is 8.17. The molecule has 0 unspecified atom stereocenters. The summed E-state index contributed by atoms with van der Waals surface area (Å²) in [6, 6.07) is 0. The first-order valence-electron chi connectivity index (χ1n) is 4.31. The van der Waals surface area contributed by atoms with Gasteiger partial charge in [-0.05, 0) is 6.42 Å². The predicted octanol–water partition coefficient (Wildman–Crippen LogP) is 1.56. The maximum absolute atomic E-state index is 2.37. The lowest BCUT2D eigenvalue weighted by Gasteiger charge is -2.40. The first-order valence-corrected chi connectivity index (χ1v) is 4.31. The molecule has 1 aliphatic rings. The average Bonchev–Trinajstić information content (AvgIpc) is 1.54. The summed E-state index contributed by atoms with van der Waals surface area (Å²) < 4.78 is 1.22. The lowest BCUT2D eigenvalue weighted by Crippen LogP contribution is -2.49. The van der Waals surface area contributed by atoms with Gasteiger partial charge in [0.25, 0.3) is 0 Å². The van der Waals surface area contributed by atoms with E-state index < -0.39 is 0 Å². The Hall–Kier alpha value is -0.0800. The van der Waals surface area contributed by atoms with E-state index in [0.29, 0.717) is 0 Å². The van der Waals surface area contributed by atoms with Crippen molar-refractivity contribution in [2.24, 2.45) is 11.8 Å². The minimum absolute atomic E-state index is 0. The molecule has 0 bridgehead atoms. The lowest BCUT2D eigenvalue weighted by atomic mass is 9.91. The van der Waals surface area contributed by atoms with Gasteiger partial charge in [-0.2, -0.15) is 0 Å². The van der Waals surface area contributed by atoms with E-state index in [2.05, 4.69) is 27.9 Å². The van der Waals surface area contributed by atoms with Crippen LogP contribution in [0, 0.1) is 11.8 Å². The topological polar surface area (TPSA) is 30.0 Å². The summed E-state index contributed by atoms with van der Waals surface area (Å²) in [5, 5.41) is 0. The molecular formula is C9H21NO. The third-order valence-corrected chi connectivity index (χ3v) is 2.42. The maximum Gasteiger partial charge on any atom is 0.0808 e. The molecule has 68 valence electrons. The molecule has 1 heterocycles. The van der Waals surface area contributed by atoms with Crippen LogP contribution in [0.5, 0.6) is 0 Å². The Labute approximate surface area is 70.1 Å². The molecule has 1 N–H and O–H groups in total. The Morgan fingerprint density at radius 2 is 1.36 bits per heavy atom. The summed E-state index contributed by atoms with van der Waals surface area (Å²) in [6.07, 6.45) is 1.43. The summed E-state index contributed by atoms with van der Waals surface area (Å²) in [5.74, 6) is 1.86. The number of hydrogen-bond acceptors (Lipinski definition) is 1. The minimum Gasteiger partial charge on any atom is -0.870 e. The zero-order valence-electron chi connectivity index (χ0n) is 8.17. The Kier molecular flexibility index (Phi) is 3.52. The molecule has 0 spiro atoms. The Bertz CT molecular complexity index is 111. The summed E-state index contributed by atoms with van der Waals surface area (Å²) in [4.78, 5) is 0. The Morgan fingerprint density at radius 3 is 1.64 bits per heavy atom. The number of nitrogens with zero attached hydrogens (tertiary/aromatic N) is 1. The van der Waals surface area contributed by atoms with Gasteiger partial charge in [0.2, 0.25) is 0 Å². The van der Waals surface area contributed by atoms with Crippen LogP contribution >= 0.6 is 0 Å². The van der Waals surface area contributed by atoms with E-state index in [1.54, 1.807) is 0 Å². The third kappa shape index (κ3) is 3.21. The van der Waals surface area contributed by atoms with Crippen molar-refractivity contribution in [3.8, 4) is 0 Å². The molecular weight excluding hydrogens is 138 g/mol. The second kappa shape index (κ2) is 3.55. The molecule has 2 heteroatoms. The normalized spacial score (nSPS) is 36.0. The maximum atomic E-state index is 2.37. The van der Waals surface area contributed by atoms with E-state index in [4.69, 9.17) is 0 Å². The summed E-state index contributed by atoms with van der Waals surface area (Å²) in [5.41, 5.74) is 0. The van der Waals surface area contributed by atoms with Crippen LogP contribution in [0.15, 0.2) is 0 Å². The van der Waals surface area contributed by atoms with E-state index in [1.807, 2.05) is 0 Å². The van der Waals surface area contributed by atoms with Crippen molar-refractivity contribution in [3.63, 3.8) is 0 Å². The molecule has 0 aliphatic carbocycles. The van der Waals surface area contributed by atoms with Crippen LogP contribution < -0.4 is 0 Å². The van der Waals surface area contributed by atoms with E-state index >= 15 is 0 Å². The smallest absolute Gasteiger partial charge is 0.0808 e. The summed E-state index contributed by atoms with van der Waals surface area (Å²) in [6.45, 7) is 7.47. The van der Waals surface area contributed by atoms with E-state index in [-0.39, 0.29) is 5.48 Å². The number of likely N-dealkylation sites (tertiary alicyclic amines) is 1. The fourth-order valence-corrected chi connectivity index (χ4v) is 2.60. The van der Waals surface area contributed by atoms with Crippen LogP contribution in [0.1, 0.15) is 20.3 Å². The van der Waals surface area contributed by atoms with Gasteiger partial charge in [-0.3, -0.25) is 0 Å². The predicted molar refractivity (Wildman–Crippen MR) is 46.7 cm³/mol. The van der Waals surface area contributed by atoms with Crippen molar-refractivity contribution in [1.82, 2.24) is 0 Å². The highest BCUT2D eigenvalue weighted by Gasteiger charge is 2.28. The van der Waals surface area contributed by atoms with E-state index in [9.17, 15) is 0 Å². The molecule has 0 amide bonds. The minimum atomic E-state index is 0. The molecule has 1 saturated heterocycles. The lowest BCUT2D eigenvalue weighted by molar-refractivity contribution is -0.902. The second-order valence-electron chi connectivity index (χ2n) is 4.75.